The summed E-state index contributed by atoms with van der Waals surface area (Å²) in [5.41, 5.74) is 1.02. The molecule has 0 atom stereocenters. The number of fused-ring (bicyclic) bond motifs is 1. The number of oxazole rings is 1. The van der Waals surface area contributed by atoms with Crippen LogP contribution in [0.3, 0.4) is 0 Å². The number of hydrogen-bond acceptors (Lipinski definition) is 2. The molecule has 0 aliphatic carbocycles. The van der Waals surface area contributed by atoms with Crippen molar-refractivity contribution in [1.29, 1.82) is 0 Å². The van der Waals surface area contributed by atoms with E-state index in [1.165, 1.54) is 0 Å². The van der Waals surface area contributed by atoms with Crippen molar-refractivity contribution in [1.82, 2.24) is 4.98 Å². The second kappa shape index (κ2) is 8.21. The van der Waals surface area contributed by atoms with Crippen molar-refractivity contribution in [2.75, 3.05) is 0 Å². The van der Waals surface area contributed by atoms with Crippen LogP contribution in [0, 0.1) is 0 Å². The second-order valence-electron chi connectivity index (χ2n) is 7.66. The molecule has 0 saturated carbocycles. The van der Waals surface area contributed by atoms with Gasteiger partial charge in [0.2, 0.25) is 0 Å². The molecule has 1 heterocycles. The van der Waals surface area contributed by atoms with Gasteiger partial charge in [0.05, 0.1) is 0 Å². The van der Waals surface area contributed by atoms with Gasteiger partial charge in [-0.1, -0.05) is 0 Å². The second-order valence-corrected chi connectivity index (χ2v) is 14.9. The Balaban J connectivity index is 1.85. The molecule has 0 aliphatic heterocycles. The topological polar surface area (TPSA) is 26.0 Å². The van der Waals surface area contributed by atoms with Crippen molar-refractivity contribution in [3.63, 3.8) is 0 Å². The van der Waals surface area contributed by atoms with Gasteiger partial charge in [0.15, 0.2) is 0 Å². The zero-order chi connectivity index (χ0) is 22.2. The number of benzene rings is 4. The number of hydrogen-bond donors (Lipinski definition) is 0. The van der Waals surface area contributed by atoms with E-state index in [2.05, 4.69) is 36.4 Å². The van der Waals surface area contributed by atoms with E-state index in [9.17, 15) is 0 Å². The van der Waals surface area contributed by atoms with Gasteiger partial charge >= 0.3 is 202 Å². The van der Waals surface area contributed by atoms with E-state index in [-0.39, 0.29) is 0 Å². The summed E-state index contributed by atoms with van der Waals surface area (Å²) in [6, 6.07) is 34.1. The van der Waals surface area contributed by atoms with Crippen LogP contribution in [0.25, 0.3) is 11.1 Å². The van der Waals surface area contributed by atoms with Crippen LogP contribution in [0.5, 0.6) is 0 Å². The SMILES string of the molecule is Clc1ccc(Cl)c2oc(CP(Cl)(c3ccccc3)(c3ccccc3)c3ccccc3)nc12. The van der Waals surface area contributed by atoms with Crippen LogP contribution in [0.1, 0.15) is 5.89 Å². The van der Waals surface area contributed by atoms with Crippen LogP contribution in [0.4, 0.5) is 0 Å². The van der Waals surface area contributed by atoms with Gasteiger partial charge in [-0.3, -0.25) is 0 Å². The molecule has 0 bridgehead atoms. The summed E-state index contributed by atoms with van der Waals surface area (Å²) >= 11 is 20.9. The fourth-order valence-corrected chi connectivity index (χ4v) is 10.4. The van der Waals surface area contributed by atoms with Crippen molar-refractivity contribution in [2.45, 2.75) is 6.16 Å². The molecule has 1 aromatic heterocycles. The van der Waals surface area contributed by atoms with Gasteiger partial charge < -0.3 is 0 Å². The van der Waals surface area contributed by atoms with E-state index in [4.69, 9.17) is 43.8 Å². The molecule has 0 fully saturated rings. The third-order valence-electron chi connectivity index (χ3n) is 5.81. The van der Waals surface area contributed by atoms with Crippen LogP contribution >= 0.6 is 40.4 Å². The third kappa shape index (κ3) is 3.34. The van der Waals surface area contributed by atoms with Crippen molar-refractivity contribution >= 4 is 67.4 Å². The Kier molecular flexibility index (Phi) is 5.51. The molecule has 0 spiro atoms. The Morgan fingerprint density at radius 2 is 1.06 bits per heavy atom. The zero-order valence-electron chi connectivity index (χ0n) is 17.0. The molecule has 160 valence electrons. The minimum absolute atomic E-state index is 0.381. The molecule has 5 aromatic rings. The standard InChI is InChI=1S/C26H19Cl3NOP/c27-22-16-17-23(28)26-25(22)30-24(31-26)18-32(29,19-10-4-1-5-11-19,20-12-6-2-7-13-20)21-14-8-3-9-15-21/h1-17H,18H2. The van der Waals surface area contributed by atoms with E-state index in [0.29, 0.717) is 33.2 Å². The summed E-state index contributed by atoms with van der Waals surface area (Å²) in [5.74, 6) is -3.05. The zero-order valence-corrected chi connectivity index (χ0v) is 20.1. The van der Waals surface area contributed by atoms with Gasteiger partial charge in [-0.15, -0.1) is 0 Å². The molecule has 5 rings (SSSR count). The van der Waals surface area contributed by atoms with Crippen LogP contribution < -0.4 is 15.9 Å². The predicted molar refractivity (Wildman–Crippen MR) is 139 cm³/mol. The normalized spacial score (nSPS) is 13.0. The van der Waals surface area contributed by atoms with Crippen LogP contribution in [-0.2, 0) is 6.16 Å². The first-order chi connectivity index (χ1) is 15.5. The fourth-order valence-electron chi connectivity index (χ4n) is 4.25. The quantitative estimate of drug-likeness (QED) is 0.237. The molecule has 0 aliphatic rings. The maximum atomic E-state index is 8.08. The summed E-state index contributed by atoms with van der Waals surface area (Å²) in [6.07, 6.45) is 0.381. The first-order valence-corrected chi connectivity index (χ1v) is 14.2. The van der Waals surface area contributed by atoms with Crippen LogP contribution in [0.15, 0.2) is 108 Å². The van der Waals surface area contributed by atoms with E-state index in [1.54, 1.807) is 12.1 Å². The van der Waals surface area contributed by atoms with Crippen molar-refractivity contribution < 1.29 is 4.42 Å². The molecular weight excluding hydrogens is 480 g/mol. The van der Waals surface area contributed by atoms with Gasteiger partial charge in [0.25, 0.3) is 0 Å². The predicted octanol–water partition coefficient (Wildman–Crippen LogP) is 7.32. The van der Waals surface area contributed by atoms with Crippen LogP contribution in [0.2, 0.25) is 10.0 Å². The molecule has 0 N–H and O–H groups in total. The van der Waals surface area contributed by atoms with E-state index < -0.39 is 5.96 Å². The number of rotatable bonds is 5. The molecule has 6 heteroatoms. The molecule has 0 saturated heterocycles. The number of nitrogens with zero attached hydrogens (tertiary/aromatic N) is 1. The summed E-state index contributed by atoms with van der Waals surface area (Å²) in [5, 5.41) is 4.08. The Morgan fingerprint density at radius 3 is 1.50 bits per heavy atom. The van der Waals surface area contributed by atoms with E-state index in [0.717, 1.165) is 15.9 Å². The maximum absolute atomic E-state index is 8.08. The summed E-state index contributed by atoms with van der Waals surface area (Å²) in [4.78, 5) is 4.74. The Hall–Kier alpha value is -2.35. The van der Waals surface area contributed by atoms with Crippen molar-refractivity contribution in [2.24, 2.45) is 0 Å². The number of aromatic nitrogens is 1. The Labute approximate surface area is 201 Å². The average Bonchev–Trinajstić information content (AvgIpc) is 3.28. The number of halogens is 3. The molecule has 0 amide bonds. The fraction of sp³-hybridized carbons (Fsp3) is 0.0385. The van der Waals surface area contributed by atoms with Gasteiger partial charge in [0.1, 0.15) is 0 Å². The molecular formula is C26H19Cl3NOP. The van der Waals surface area contributed by atoms with E-state index >= 15 is 0 Å². The Bertz CT molecular complexity index is 1250. The van der Waals surface area contributed by atoms with Gasteiger partial charge in [-0.25, -0.2) is 0 Å². The molecule has 32 heavy (non-hydrogen) atoms. The molecule has 2 nitrogen and oxygen atoms in total. The first-order valence-electron chi connectivity index (χ1n) is 10.1. The minimum atomic E-state index is -3.55. The van der Waals surface area contributed by atoms with Gasteiger partial charge in [0, 0.05) is 0 Å². The first kappa shape index (κ1) is 21.5. The third-order valence-corrected chi connectivity index (χ3v) is 13.5. The average molecular weight is 499 g/mol. The summed E-state index contributed by atoms with van der Waals surface area (Å²) < 4.78 is 6.19. The van der Waals surface area contributed by atoms with Crippen molar-refractivity contribution in [3.8, 4) is 0 Å². The van der Waals surface area contributed by atoms with Crippen molar-refractivity contribution in [3.05, 3.63) is 119 Å². The summed E-state index contributed by atoms with van der Waals surface area (Å²) in [7, 11) is 0. The molecule has 0 radical (unpaired) electrons. The monoisotopic (exact) mass is 497 g/mol. The Morgan fingerprint density at radius 1 is 0.625 bits per heavy atom. The molecule has 0 unspecified atom stereocenters. The van der Waals surface area contributed by atoms with E-state index in [1.807, 2.05) is 54.6 Å². The summed E-state index contributed by atoms with van der Waals surface area (Å²) in [6.45, 7) is 0. The van der Waals surface area contributed by atoms with Gasteiger partial charge in [-0.2, -0.15) is 0 Å². The van der Waals surface area contributed by atoms with Crippen LogP contribution in [-0.4, -0.2) is 4.98 Å². The molecule has 4 aromatic carbocycles. The van der Waals surface area contributed by atoms with Gasteiger partial charge in [-0.05, 0) is 0 Å².